The van der Waals surface area contributed by atoms with Crippen molar-refractivity contribution >= 4 is 39.1 Å². The monoisotopic (exact) mass is 344 g/mol. The largest absolute Gasteiger partial charge is 0.271 e. The Morgan fingerprint density at radius 3 is 2.33 bits per heavy atom. The molecule has 2 nitrogen and oxygen atoms in total. The highest BCUT2D eigenvalue weighted by atomic mass is 79.9. The molecule has 2 aromatic carbocycles. The lowest BCUT2D eigenvalue weighted by molar-refractivity contribution is 0.635. The predicted octanol–water partition coefficient (Wildman–Crippen LogP) is 4.31. The molecular weight excluding hydrogens is 335 g/mol. The summed E-state index contributed by atoms with van der Waals surface area (Å²) in [5.41, 5.74) is 4.62. The third-order valence-corrected chi connectivity index (χ3v) is 4.23. The molecule has 0 spiro atoms. The Labute approximate surface area is 124 Å². The van der Waals surface area contributed by atoms with Crippen LogP contribution in [0.2, 0.25) is 10.0 Å². The summed E-state index contributed by atoms with van der Waals surface area (Å²) < 4.78 is 0.962. The van der Waals surface area contributed by atoms with E-state index in [1.54, 1.807) is 6.07 Å². The van der Waals surface area contributed by atoms with E-state index in [1.807, 2.05) is 36.4 Å². The van der Waals surface area contributed by atoms with Crippen LogP contribution in [0.4, 0.5) is 0 Å². The fourth-order valence-electron chi connectivity index (χ4n) is 1.80. The molecular formula is C13H11BrCl2N2. The Balaban J connectivity index is 2.53. The van der Waals surface area contributed by atoms with Crippen LogP contribution < -0.4 is 11.3 Å². The highest BCUT2D eigenvalue weighted by Crippen LogP contribution is 2.35. The van der Waals surface area contributed by atoms with Crippen LogP contribution in [0.3, 0.4) is 0 Å². The molecule has 0 aliphatic rings. The molecule has 0 heterocycles. The van der Waals surface area contributed by atoms with E-state index >= 15 is 0 Å². The second-order valence-corrected chi connectivity index (χ2v) is 5.40. The molecule has 0 amide bonds. The molecule has 3 N–H and O–H groups in total. The van der Waals surface area contributed by atoms with Crippen molar-refractivity contribution in [1.82, 2.24) is 5.43 Å². The summed E-state index contributed by atoms with van der Waals surface area (Å²) in [6.45, 7) is 0. The van der Waals surface area contributed by atoms with Gasteiger partial charge in [-0.2, -0.15) is 0 Å². The van der Waals surface area contributed by atoms with Crippen LogP contribution >= 0.6 is 39.1 Å². The molecule has 0 radical (unpaired) electrons. The molecule has 0 aliphatic carbocycles. The number of rotatable bonds is 3. The number of halogens is 3. The number of nitrogens with two attached hydrogens (primary N) is 1. The Bertz CT molecular complexity index is 560. The first-order chi connectivity index (χ1) is 8.65. The van der Waals surface area contributed by atoms with E-state index in [0.29, 0.717) is 10.0 Å². The van der Waals surface area contributed by atoms with Crippen molar-refractivity contribution in [3.8, 4) is 0 Å². The van der Waals surface area contributed by atoms with Crippen molar-refractivity contribution in [3.05, 3.63) is 68.1 Å². The molecule has 0 aromatic heterocycles. The van der Waals surface area contributed by atoms with Crippen molar-refractivity contribution < 1.29 is 0 Å². The molecule has 0 fully saturated rings. The first-order valence-corrected chi connectivity index (χ1v) is 6.84. The van der Waals surface area contributed by atoms with Gasteiger partial charge in [-0.1, -0.05) is 69.5 Å². The highest BCUT2D eigenvalue weighted by molar-refractivity contribution is 9.10. The van der Waals surface area contributed by atoms with Gasteiger partial charge in [0.1, 0.15) is 0 Å². The number of hydrogen-bond acceptors (Lipinski definition) is 2. The predicted molar refractivity (Wildman–Crippen MR) is 79.8 cm³/mol. The zero-order valence-corrected chi connectivity index (χ0v) is 12.4. The smallest absolute Gasteiger partial charge is 0.0735 e. The normalized spacial score (nSPS) is 12.4. The fourth-order valence-corrected chi connectivity index (χ4v) is 2.73. The van der Waals surface area contributed by atoms with Gasteiger partial charge in [0.25, 0.3) is 0 Å². The van der Waals surface area contributed by atoms with Crippen LogP contribution in [0.1, 0.15) is 17.2 Å². The number of nitrogens with one attached hydrogen (secondary N) is 1. The van der Waals surface area contributed by atoms with E-state index in [4.69, 9.17) is 29.0 Å². The third kappa shape index (κ3) is 2.71. The maximum absolute atomic E-state index is 6.23. The minimum Gasteiger partial charge on any atom is -0.271 e. The van der Waals surface area contributed by atoms with E-state index in [2.05, 4.69) is 21.4 Å². The number of hydrogen-bond donors (Lipinski definition) is 2. The number of benzene rings is 2. The highest BCUT2D eigenvalue weighted by Gasteiger charge is 2.18. The molecule has 2 rings (SSSR count). The lowest BCUT2D eigenvalue weighted by atomic mass is 9.99. The molecule has 0 saturated carbocycles. The average Bonchev–Trinajstić information content (AvgIpc) is 2.37. The first kappa shape index (κ1) is 13.8. The Morgan fingerprint density at radius 1 is 1.00 bits per heavy atom. The van der Waals surface area contributed by atoms with Crippen molar-refractivity contribution in [2.75, 3.05) is 0 Å². The van der Waals surface area contributed by atoms with Gasteiger partial charge in [0.05, 0.1) is 16.1 Å². The zero-order chi connectivity index (χ0) is 13.1. The second-order valence-electron chi connectivity index (χ2n) is 3.76. The quantitative estimate of drug-likeness (QED) is 0.642. The van der Waals surface area contributed by atoms with E-state index in [-0.39, 0.29) is 6.04 Å². The van der Waals surface area contributed by atoms with Gasteiger partial charge in [0.15, 0.2) is 0 Å². The topological polar surface area (TPSA) is 38.0 Å². The van der Waals surface area contributed by atoms with Gasteiger partial charge >= 0.3 is 0 Å². The maximum atomic E-state index is 6.23. The Kier molecular flexibility index (Phi) is 4.65. The summed E-state index contributed by atoms with van der Waals surface area (Å²) >= 11 is 15.8. The molecule has 18 heavy (non-hydrogen) atoms. The van der Waals surface area contributed by atoms with Crippen LogP contribution in [0.5, 0.6) is 0 Å². The Hall–Kier alpha value is -0.580. The van der Waals surface area contributed by atoms with Gasteiger partial charge in [-0.25, -0.2) is 5.43 Å². The summed E-state index contributed by atoms with van der Waals surface area (Å²) in [7, 11) is 0. The minimum absolute atomic E-state index is 0.216. The SMILES string of the molecule is NNC(c1ccccc1Br)c1cccc(Cl)c1Cl. The summed E-state index contributed by atoms with van der Waals surface area (Å²) in [5, 5.41) is 1.03. The van der Waals surface area contributed by atoms with E-state index < -0.39 is 0 Å². The summed E-state index contributed by atoms with van der Waals surface area (Å²) in [6, 6.07) is 13.1. The molecule has 0 saturated heterocycles. The van der Waals surface area contributed by atoms with Gasteiger partial charge < -0.3 is 0 Å². The van der Waals surface area contributed by atoms with Gasteiger partial charge in [-0.15, -0.1) is 0 Å². The maximum Gasteiger partial charge on any atom is 0.0735 e. The molecule has 1 atom stereocenters. The fraction of sp³-hybridized carbons (Fsp3) is 0.0769. The van der Waals surface area contributed by atoms with Crippen molar-refractivity contribution in [1.29, 1.82) is 0 Å². The van der Waals surface area contributed by atoms with Crippen LogP contribution in [-0.4, -0.2) is 0 Å². The third-order valence-electron chi connectivity index (χ3n) is 2.68. The summed E-state index contributed by atoms with van der Waals surface area (Å²) in [5.74, 6) is 5.65. The molecule has 94 valence electrons. The van der Waals surface area contributed by atoms with E-state index in [9.17, 15) is 0 Å². The zero-order valence-electron chi connectivity index (χ0n) is 9.33. The lowest BCUT2D eigenvalue weighted by Crippen LogP contribution is -2.29. The Morgan fingerprint density at radius 2 is 1.67 bits per heavy atom. The average molecular weight is 346 g/mol. The van der Waals surface area contributed by atoms with Crippen molar-refractivity contribution in [2.24, 2.45) is 5.84 Å². The minimum atomic E-state index is -0.216. The number of hydrazine groups is 1. The second kappa shape index (κ2) is 6.04. The van der Waals surface area contributed by atoms with Crippen molar-refractivity contribution in [3.63, 3.8) is 0 Å². The standard InChI is InChI=1S/C13H11BrCl2N2/c14-10-6-2-1-4-8(10)13(18-17)9-5-3-7-11(15)12(9)16/h1-7,13,18H,17H2. The molecule has 1 unspecified atom stereocenters. The van der Waals surface area contributed by atoms with E-state index in [0.717, 1.165) is 15.6 Å². The molecule has 2 aromatic rings. The molecule has 5 heteroatoms. The van der Waals surface area contributed by atoms with Crippen LogP contribution in [0.25, 0.3) is 0 Å². The summed E-state index contributed by atoms with van der Waals surface area (Å²) in [4.78, 5) is 0. The van der Waals surface area contributed by atoms with Gasteiger partial charge in [0.2, 0.25) is 0 Å². The first-order valence-electron chi connectivity index (χ1n) is 5.29. The van der Waals surface area contributed by atoms with Crippen LogP contribution in [0, 0.1) is 0 Å². The van der Waals surface area contributed by atoms with Crippen LogP contribution in [0.15, 0.2) is 46.9 Å². The summed E-state index contributed by atoms with van der Waals surface area (Å²) in [6.07, 6.45) is 0. The van der Waals surface area contributed by atoms with Gasteiger partial charge in [-0.3, -0.25) is 5.84 Å². The van der Waals surface area contributed by atoms with Gasteiger partial charge in [0, 0.05) is 4.47 Å². The molecule has 0 aliphatic heterocycles. The molecule has 0 bridgehead atoms. The lowest BCUT2D eigenvalue weighted by Gasteiger charge is -2.20. The van der Waals surface area contributed by atoms with Gasteiger partial charge in [-0.05, 0) is 23.3 Å². The van der Waals surface area contributed by atoms with Crippen molar-refractivity contribution in [2.45, 2.75) is 6.04 Å². The van der Waals surface area contributed by atoms with Crippen LogP contribution in [-0.2, 0) is 0 Å². The van der Waals surface area contributed by atoms with E-state index in [1.165, 1.54) is 0 Å².